The maximum Gasteiger partial charge on any atom is 0.317 e. The molecule has 1 saturated carbocycles. The minimum Gasteiger partial charge on any atom is -0.335 e. The van der Waals surface area contributed by atoms with E-state index in [4.69, 9.17) is 0 Å². The van der Waals surface area contributed by atoms with Crippen LogP contribution in [0.4, 0.5) is 4.79 Å². The molecule has 33 heavy (non-hydrogen) atoms. The van der Waals surface area contributed by atoms with Crippen molar-refractivity contribution in [2.45, 2.75) is 70.4 Å². The normalized spacial score (nSPS) is 18.2. The summed E-state index contributed by atoms with van der Waals surface area (Å²) in [6, 6.07) is 21.8. The summed E-state index contributed by atoms with van der Waals surface area (Å²) in [6.45, 7) is 4.96. The molecule has 1 saturated heterocycles. The van der Waals surface area contributed by atoms with Crippen LogP contribution in [0.3, 0.4) is 0 Å². The first kappa shape index (κ1) is 23.8. The van der Waals surface area contributed by atoms with Gasteiger partial charge in [-0.1, -0.05) is 79.9 Å². The molecule has 0 atom stereocenters. The summed E-state index contributed by atoms with van der Waals surface area (Å²) in [5.41, 5.74) is 2.68. The van der Waals surface area contributed by atoms with Crippen LogP contribution in [-0.4, -0.2) is 48.1 Å². The van der Waals surface area contributed by atoms with E-state index in [1.165, 1.54) is 62.7 Å². The Hall–Kier alpha value is -2.33. The maximum absolute atomic E-state index is 13.1. The van der Waals surface area contributed by atoms with Crippen molar-refractivity contribution in [1.82, 2.24) is 15.1 Å². The molecule has 2 amide bonds. The highest BCUT2D eigenvalue weighted by molar-refractivity contribution is 5.74. The number of benzene rings is 2. The molecule has 0 spiro atoms. The number of hydrogen-bond donors (Lipinski definition) is 1. The van der Waals surface area contributed by atoms with E-state index >= 15 is 0 Å². The van der Waals surface area contributed by atoms with Crippen molar-refractivity contribution < 1.29 is 4.79 Å². The maximum atomic E-state index is 13.1. The van der Waals surface area contributed by atoms with Gasteiger partial charge in [0.05, 0.1) is 0 Å². The zero-order chi connectivity index (χ0) is 22.7. The molecule has 4 nitrogen and oxygen atoms in total. The molecule has 178 valence electrons. The number of amides is 2. The van der Waals surface area contributed by atoms with E-state index in [-0.39, 0.29) is 6.03 Å². The Morgan fingerprint density at radius 3 is 2.15 bits per heavy atom. The van der Waals surface area contributed by atoms with Gasteiger partial charge in [0.2, 0.25) is 0 Å². The van der Waals surface area contributed by atoms with Crippen molar-refractivity contribution in [1.29, 1.82) is 0 Å². The minimum absolute atomic E-state index is 0.118. The number of carbonyl (C=O) groups is 1. The summed E-state index contributed by atoms with van der Waals surface area (Å²) in [5.74, 6) is 0.805. The Morgan fingerprint density at radius 2 is 1.48 bits per heavy atom. The van der Waals surface area contributed by atoms with Gasteiger partial charge in [-0.2, -0.15) is 0 Å². The quantitative estimate of drug-likeness (QED) is 0.521. The van der Waals surface area contributed by atoms with Crippen LogP contribution in [0.5, 0.6) is 0 Å². The second kappa shape index (κ2) is 12.8. The zero-order valence-corrected chi connectivity index (χ0v) is 20.1. The molecule has 4 heteroatoms. The van der Waals surface area contributed by atoms with Crippen molar-refractivity contribution in [2.24, 2.45) is 5.92 Å². The van der Waals surface area contributed by atoms with Crippen LogP contribution < -0.4 is 5.32 Å². The number of nitrogens with zero attached hydrogens (tertiary/aromatic N) is 2. The predicted molar refractivity (Wildman–Crippen MR) is 136 cm³/mol. The van der Waals surface area contributed by atoms with Crippen molar-refractivity contribution in [3.8, 4) is 0 Å². The molecule has 0 unspecified atom stereocenters. The van der Waals surface area contributed by atoms with E-state index < -0.39 is 0 Å². The molecular weight excluding hydrogens is 406 g/mol. The summed E-state index contributed by atoms with van der Waals surface area (Å²) < 4.78 is 0. The molecule has 1 heterocycles. The fraction of sp³-hybridized carbons (Fsp3) is 0.552. The van der Waals surface area contributed by atoms with Gasteiger partial charge in [0, 0.05) is 19.1 Å². The van der Waals surface area contributed by atoms with E-state index in [0.717, 1.165) is 38.3 Å². The summed E-state index contributed by atoms with van der Waals surface area (Å²) in [6.07, 6.45) is 10.9. The van der Waals surface area contributed by atoms with Gasteiger partial charge in [-0.05, 0) is 75.2 Å². The predicted octanol–water partition coefficient (Wildman–Crippen LogP) is 5.88. The second-order valence-corrected chi connectivity index (χ2v) is 10.0. The van der Waals surface area contributed by atoms with Crippen LogP contribution in [-0.2, 0) is 13.0 Å². The molecule has 2 aliphatic rings. The van der Waals surface area contributed by atoms with Crippen molar-refractivity contribution in [2.75, 3.05) is 26.2 Å². The van der Waals surface area contributed by atoms with Gasteiger partial charge in [-0.25, -0.2) is 4.79 Å². The highest BCUT2D eigenvalue weighted by Gasteiger charge is 2.22. The van der Waals surface area contributed by atoms with Crippen LogP contribution in [0.1, 0.15) is 62.5 Å². The zero-order valence-electron chi connectivity index (χ0n) is 20.1. The molecule has 0 radical (unpaired) electrons. The number of likely N-dealkylation sites (tertiary alicyclic amines) is 1. The van der Waals surface area contributed by atoms with Crippen molar-refractivity contribution in [3.63, 3.8) is 0 Å². The molecule has 2 aromatic rings. The molecule has 1 N–H and O–H groups in total. The van der Waals surface area contributed by atoms with Gasteiger partial charge in [0.25, 0.3) is 0 Å². The molecule has 1 aliphatic carbocycles. The molecule has 1 aliphatic heterocycles. The highest BCUT2D eigenvalue weighted by Crippen LogP contribution is 2.22. The van der Waals surface area contributed by atoms with E-state index in [0.29, 0.717) is 12.6 Å². The molecular formula is C29H41N3O. The molecule has 4 rings (SSSR count). The third-order valence-electron chi connectivity index (χ3n) is 7.41. The topological polar surface area (TPSA) is 35.6 Å². The second-order valence-electron chi connectivity index (χ2n) is 10.0. The van der Waals surface area contributed by atoms with E-state index in [1.54, 1.807) is 0 Å². The number of urea groups is 1. The number of piperidine rings is 1. The van der Waals surface area contributed by atoms with E-state index in [2.05, 4.69) is 64.8 Å². The summed E-state index contributed by atoms with van der Waals surface area (Å²) in [7, 11) is 0. The first-order valence-corrected chi connectivity index (χ1v) is 13.1. The Bertz CT molecular complexity index is 811. The lowest BCUT2D eigenvalue weighted by atomic mass is 9.90. The number of rotatable bonds is 9. The van der Waals surface area contributed by atoms with E-state index in [9.17, 15) is 4.79 Å². The standard InChI is InChI=1S/C29H41N3O/c33-29(30-28-15-8-3-9-16-28)32(24-27-13-6-2-7-14-27)20-10-19-31-21-17-26(18-22-31)23-25-11-4-1-5-12-25/h1-2,4-7,11-14,26,28H,3,8-10,15-24H2,(H,30,33). The highest BCUT2D eigenvalue weighted by atomic mass is 16.2. The monoisotopic (exact) mass is 447 g/mol. The Balaban J connectivity index is 1.23. The molecule has 0 bridgehead atoms. The SMILES string of the molecule is O=C(NC1CCCCC1)N(CCCN1CCC(Cc2ccccc2)CC1)Cc1ccccc1. The molecule has 0 aromatic heterocycles. The Labute approximate surface area is 200 Å². The lowest BCUT2D eigenvalue weighted by Gasteiger charge is -2.33. The van der Waals surface area contributed by atoms with Crippen LogP contribution >= 0.6 is 0 Å². The van der Waals surface area contributed by atoms with Gasteiger partial charge in [0.1, 0.15) is 0 Å². The average Bonchev–Trinajstić information content (AvgIpc) is 2.86. The molecule has 2 aromatic carbocycles. The third-order valence-corrected chi connectivity index (χ3v) is 7.41. The van der Waals surface area contributed by atoms with Crippen LogP contribution in [0.15, 0.2) is 60.7 Å². The van der Waals surface area contributed by atoms with Gasteiger partial charge in [-0.15, -0.1) is 0 Å². The van der Waals surface area contributed by atoms with E-state index in [1.807, 2.05) is 11.0 Å². The van der Waals surface area contributed by atoms with Gasteiger partial charge < -0.3 is 15.1 Å². The lowest BCUT2D eigenvalue weighted by Crippen LogP contribution is -2.46. The Morgan fingerprint density at radius 1 is 0.848 bits per heavy atom. The van der Waals surface area contributed by atoms with Crippen molar-refractivity contribution in [3.05, 3.63) is 71.8 Å². The fourth-order valence-electron chi connectivity index (χ4n) is 5.42. The first-order valence-electron chi connectivity index (χ1n) is 13.1. The Kier molecular flexibility index (Phi) is 9.23. The van der Waals surface area contributed by atoms with Crippen LogP contribution in [0, 0.1) is 5.92 Å². The lowest BCUT2D eigenvalue weighted by molar-refractivity contribution is 0.164. The van der Waals surface area contributed by atoms with Gasteiger partial charge >= 0.3 is 6.03 Å². The third kappa shape index (κ3) is 7.89. The molecule has 2 fully saturated rings. The first-order chi connectivity index (χ1) is 16.3. The smallest absolute Gasteiger partial charge is 0.317 e. The van der Waals surface area contributed by atoms with Crippen molar-refractivity contribution >= 4 is 6.03 Å². The van der Waals surface area contributed by atoms with Crippen LogP contribution in [0.2, 0.25) is 0 Å². The summed E-state index contributed by atoms with van der Waals surface area (Å²) >= 11 is 0. The average molecular weight is 448 g/mol. The summed E-state index contributed by atoms with van der Waals surface area (Å²) in [5, 5.41) is 3.33. The van der Waals surface area contributed by atoms with Gasteiger partial charge in [0.15, 0.2) is 0 Å². The fourth-order valence-corrected chi connectivity index (χ4v) is 5.42. The number of nitrogens with one attached hydrogen (secondary N) is 1. The van der Waals surface area contributed by atoms with Crippen LogP contribution in [0.25, 0.3) is 0 Å². The number of carbonyl (C=O) groups excluding carboxylic acids is 1. The summed E-state index contributed by atoms with van der Waals surface area (Å²) in [4.78, 5) is 17.7. The van der Waals surface area contributed by atoms with Gasteiger partial charge in [-0.3, -0.25) is 0 Å². The number of hydrogen-bond acceptors (Lipinski definition) is 2. The minimum atomic E-state index is 0.118. The largest absolute Gasteiger partial charge is 0.335 e.